The molecule has 0 amide bonds. The van der Waals surface area contributed by atoms with E-state index in [4.69, 9.17) is 4.74 Å². The maximum atomic E-state index is 13.3. The van der Waals surface area contributed by atoms with Crippen molar-refractivity contribution in [1.82, 2.24) is 4.31 Å². The predicted octanol–water partition coefficient (Wildman–Crippen LogP) is 2.57. The fourth-order valence-electron chi connectivity index (χ4n) is 2.50. The number of ether oxygens (including phenoxy) is 1. The van der Waals surface area contributed by atoms with E-state index in [9.17, 15) is 12.8 Å². The average Bonchev–Trinajstić information content (AvgIpc) is 2.94. The quantitative estimate of drug-likeness (QED) is 0.810. The molecule has 1 saturated heterocycles. The summed E-state index contributed by atoms with van der Waals surface area (Å²) in [5.41, 5.74) is 0.344. The predicted molar refractivity (Wildman–Crippen MR) is 79.1 cm³/mol. The Bertz CT molecular complexity index is 583. The van der Waals surface area contributed by atoms with E-state index in [1.165, 1.54) is 22.5 Å². The van der Waals surface area contributed by atoms with Crippen molar-refractivity contribution in [3.8, 4) is 0 Å². The summed E-state index contributed by atoms with van der Waals surface area (Å²) in [5, 5.41) is 0. The van der Waals surface area contributed by atoms with E-state index in [2.05, 4.69) is 0 Å². The molecule has 0 saturated carbocycles. The van der Waals surface area contributed by atoms with Crippen molar-refractivity contribution in [3.63, 3.8) is 0 Å². The molecule has 0 bridgehead atoms. The van der Waals surface area contributed by atoms with Gasteiger partial charge in [0.2, 0.25) is 10.0 Å². The van der Waals surface area contributed by atoms with Gasteiger partial charge in [-0.1, -0.05) is 6.92 Å². The van der Waals surface area contributed by atoms with Crippen molar-refractivity contribution in [1.29, 1.82) is 0 Å². The van der Waals surface area contributed by atoms with Gasteiger partial charge in [0, 0.05) is 19.7 Å². The van der Waals surface area contributed by atoms with Crippen molar-refractivity contribution >= 4 is 10.0 Å². The number of aryl methyl sites for hydroxylation is 1. The molecule has 1 aromatic rings. The maximum Gasteiger partial charge on any atom is 0.243 e. The van der Waals surface area contributed by atoms with Crippen LogP contribution in [-0.2, 0) is 14.8 Å². The molecule has 21 heavy (non-hydrogen) atoms. The Labute approximate surface area is 126 Å². The Morgan fingerprint density at radius 2 is 2.19 bits per heavy atom. The zero-order valence-corrected chi connectivity index (χ0v) is 13.3. The SMILES string of the molecule is CCCN(CC1CCOC1)S(=O)(=O)c1ccc(F)c(C)c1. The second-order valence-corrected chi connectivity index (χ2v) is 7.44. The van der Waals surface area contributed by atoms with Crippen molar-refractivity contribution in [3.05, 3.63) is 29.6 Å². The van der Waals surface area contributed by atoms with E-state index in [1.807, 2.05) is 6.92 Å². The number of hydrogen-bond acceptors (Lipinski definition) is 3. The standard InChI is InChI=1S/C15H22FNO3S/c1-3-7-17(10-13-6-8-20-11-13)21(18,19)14-4-5-15(16)12(2)9-14/h4-5,9,13H,3,6-8,10-11H2,1-2H3. The summed E-state index contributed by atoms with van der Waals surface area (Å²) in [6.07, 6.45) is 1.63. The van der Waals surface area contributed by atoms with Crippen molar-refractivity contribution < 1.29 is 17.5 Å². The summed E-state index contributed by atoms with van der Waals surface area (Å²) >= 11 is 0. The molecule has 0 radical (unpaired) electrons. The molecule has 0 spiro atoms. The van der Waals surface area contributed by atoms with Crippen LogP contribution in [-0.4, -0.2) is 39.0 Å². The summed E-state index contributed by atoms with van der Waals surface area (Å²) in [6.45, 7) is 5.76. The average molecular weight is 315 g/mol. The smallest absolute Gasteiger partial charge is 0.243 e. The minimum absolute atomic E-state index is 0.161. The lowest BCUT2D eigenvalue weighted by Crippen LogP contribution is -2.36. The Morgan fingerprint density at radius 1 is 1.43 bits per heavy atom. The highest BCUT2D eigenvalue weighted by Gasteiger charge is 2.28. The van der Waals surface area contributed by atoms with Gasteiger partial charge < -0.3 is 4.74 Å². The van der Waals surface area contributed by atoms with E-state index in [0.29, 0.717) is 31.9 Å². The largest absolute Gasteiger partial charge is 0.381 e. The van der Waals surface area contributed by atoms with Crippen LogP contribution in [0.3, 0.4) is 0 Å². The third kappa shape index (κ3) is 3.81. The van der Waals surface area contributed by atoms with Gasteiger partial charge in [0.05, 0.1) is 11.5 Å². The van der Waals surface area contributed by atoms with Crippen molar-refractivity contribution in [2.75, 3.05) is 26.3 Å². The van der Waals surface area contributed by atoms with Gasteiger partial charge >= 0.3 is 0 Å². The summed E-state index contributed by atoms with van der Waals surface area (Å²) in [4.78, 5) is 0.161. The van der Waals surface area contributed by atoms with Crippen LogP contribution in [0.25, 0.3) is 0 Å². The molecule has 0 aromatic heterocycles. The van der Waals surface area contributed by atoms with Gasteiger partial charge in [-0.3, -0.25) is 0 Å². The second kappa shape index (κ2) is 6.85. The molecule has 1 heterocycles. The van der Waals surface area contributed by atoms with E-state index in [1.54, 1.807) is 6.92 Å². The van der Waals surface area contributed by atoms with Crippen molar-refractivity contribution in [2.24, 2.45) is 5.92 Å². The third-order valence-electron chi connectivity index (χ3n) is 3.73. The van der Waals surface area contributed by atoms with Gasteiger partial charge in [-0.15, -0.1) is 0 Å². The summed E-state index contributed by atoms with van der Waals surface area (Å²) in [7, 11) is -3.58. The zero-order valence-electron chi connectivity index (χ0n) is 12.5. The zero-order chi connectivity index (χ0) is 15.5. The van der Waals surface area contributed by atoms with Gasteiger partial charge in [0.15, 0.2) is 0 Å². The number of hydrogen-bond donors (Lipinski definition) is 0. The van der Waals surface area contributed by atoms with Crippen LogP contribution in [0.4, 0.5) is 4.39 Å². The Balaban J connectivity index is 2.25. The van der Waals surface area contributed by atoms with E-state index in [-0.39, 0.29) is 16.6 Å². The summed E-state index contributed by atoms with van der Waals surface area (Å²) in [5.74, 6) is -0.145. The molecular weight excluding hydrogens is 293 g/mol. The third-order valence-corrected chi connectivity index (χ3v) is 5.59. The molecule has 1 aliphatic rings. The van der Waals surface area contributed by atoms with Gasteiger partial charge in [-0.25, -0.2) is 12.8 Å². The highest BCUT2D eigenvalue weighted by molar-refractivity contribution is 7.89. The molecule has 118 valence electrons. The second-order valence-electron chi connectivity index (χ2n) is 5.50. The summed E-state index contributed by atoms with van der Waals surface area (Å²) < 4.78 is 45.6. The first-order valence-electron chi connectivity index (χ1n) is 7.29. The molecule has 2 rings (SSSR count). The monoisotopic (exact) mass is 315 g/mol. The fourth-order valence-corrected chi connectivity index (χ4v) is 4.19. The first-order chi connectivity index (χ1) is 9.95. The Kier molecular flexibility index (Phi) is 5.35. The van der Waals surface area contributed by atoms with Crippen molar-refractivity contribution in [2.45, 2.75) is 31.6 Å². The topological polar surface area (TPSA) is 46.6 Å². The van der Waals surface area contributed by atoms with Gasteiger partial charge in [0.1, 0.15) is 5.82 Å². The van der Waals surface area contributed by atoms with Crippen LogP contribution in [0.5, 0.6) is 0 Å². The number of benzene rings is 1. The minimum Gasteiger partial charge on any atom is -0.381 e. The van der Waals surface area contributed by atoms with Crippen LogP contribution >= 0.6 is 0 Å². The first kappa shape index (κ1) is 16.4. The van der Waals surface area contributed by atoms with Gasteiger partial charge in [0.25, 0.3) is 0 Å². The number of sulfonamides is 1. The molecular formula is C15H22FNO3S. The maximum absolute atomic E-state index is 13.3. The first-order valence-corrected chi connectivity index (χ1v) is 8.73. The molecule has 0 N–H and O–H groups in total. The number of nitrogens with zero attached hydrogens (tertiary/aromatic N) is 1. The lowest BCUT2D eigenvalue weighted by Gasteiger charge is -2.24. The molecule has 1 atom stereocenters. The lowest BCUT2D eigenvalue weighted by atomic mass is 10.1. The van der Waals surface area contributed by atoms with E-state index >= 15 is 0 Å². The van der Waals surface area contributed by atoms with Crippen LogP contribution in [0.2, 0.25) is 0 Å². The van der Waals surface area contributed by atoms with E-state index in [0.717, 1.165) is 12.8 Å². The minimum atomic E-state index is -3.58. The van der Waals surface area contributed by atoms with Gasteiger partial charge in [-0.2, -0.15) is 4.31 Å². The fraction of sp³-hybridized carbons (Fsp3) is 0.600. The molecule has 1 fully saturated rings. The van der Waals surface area contributed by atoms with Crippen LogP contribution < -0.4 is 0 Å². The van der Waals surface area contributed by atoms with Crippen LogP contribution in [0, 0.1) is 18.7 Å². The van der Waals surface area contributed by atoms with E-state index < -0.39 is 10.0 Å². The molecule has 1 aromatic carbocycles. The van der Waals surface area contributed by atoms with Crippen LogP contribution in [0.15, 0.2) is 23.1 Å². The highest BCUT2D eigenvalue weighted by atomic mass is 32.2. The van der Waals surface area contributed by atoms with Gasteiger partial charge in [-0.05, 0) is 49.4 Å². The number of rotatable bonds is 6. The molecule has 0 aliphatic carbocycles. The van der Waals surface area contributed by atoms with Crippen LogP contribution in [0.1, 0.15) is 25.3 Å². The summed E-state index contributed by atoms with van der Waals surface area (Å²) in [6, 6.07) is 3.95. The molecule has 6 heteroatoms. The highest BCUT2D eigenvalue weighted by Crippen LogP contribution is 2.22. The Morgan fingerprint density at radius 3 is 2.76 bits per heavy atom. The Hall–Kier alpha value is -0.980. The number of halogens is 1. The normalized spacial score (nSPS) is 19.3. The molecule has 1 aliphatic heterocycles. The molecule has 1 unspecified atom stereocenters. The lowest BCUT2D eigenvalue weighted by molar-refractivity contribution is 0.180. The molecule has 4 nitrogen and oxygen atoms in total.